The zero-order valence-corrected chi connectivity index (χ0v) is 18.6. The van der Waals surface area contributed by atoms with E-state index in [-0.39, 0.29) is 24.2 Å². The number of H-pyrrole nitrogens is 1. The van der Waals surface area contributed by atoms with Crippen LogP contribution in [0.4, 0.5) is 4.39 Å². The summed E-state index contributed by atoms with van der Waals surface area (Å²) in [5, 5.41) is 12.1. The first-order valence-corrected chi connectivity index (χ1v) is 11.4. The SMILES string of the molecule is O=C(CCn1c(-c2cccs2)n[nH]c1=S)NCC(c1ccc(F)cc1)N1CCOCC1. The molecule has 1 saturated heterocycles. The fraction of sp³-hybridized carbons (Fsp3) is 0.381. The van der Waals surface area contributed by atoms with Gasteiger partial charge < -0.3 is 10.1 Å². The van der Waals surface area contributed by atoms with E-state index >= 15 is 0 Å². The number of halogens is 1. The number of aromatic amines is 1. The van der Waals surface area contributed by atoms with E-state index in [1.165, 1.54) is 12.1 Å². The molecule has 0 spiro atoms. The van der Waals surface area contributed by atoms with Gasteiger partial charge in [-0.1, -0.05) is 18.2 Å². The molecule has 31 heavy (non-hydrogen) atoms. The molecule has 1 unspecified atom stereocenters. The van der Waals surface area contributed by atoms with Gasteiger partial charge in [0.1, 0.15) is 5.82 Å². The highest BCUT2D eigenvalue weighted by Gasteiger charge is 2.23. The Morgan fingerprint density at radius 1 is 1.29 bits per heavy atom. The average Bonchev–Trinajstić information content (AvgIpc) is 3.44. The number of hydrogen-bond donors (Lipinski definition) is 2. The summed E-state index contributed by atoms with van der Waals surface area (Å²) in [6.07, 6.45) is 0.283. The first kappa shape index (κ1) is 21.8. The number of aromatic nitrogens is 3. The van der Waals surface area contributed by atoms with E-state index in [0.29, 0.717) is 31.1 Å². The van der Waals surface area contributed by atoms with Crippen molar-refractivity contribution in [3.8, 4) is 10.7 Å². The molecule has 3 aromatic rings. The van der Waals surface area contributed by atoms with E-state index < -0.39 is 0 Å². The summed E-state index contributed by atoms with van der Waals surface area (Å²) in [5.74, 6) is 0.401. The molecule has 1 fully saturated rings. The van der Waals surface area contributed by atoms with Crippen molar-refractivity contribution in [3.63, 3.8) is 0 Å². The lowest BCUT2D eigenvalue weighted by atomic mass is 10.0. The van der Waals surface area contributed by atoms with Gasteiger partial charge in [-0.3, -0.25) is 19.4 Å². The molecule has 2 aromatic heterocycles. The van der Waals surface area contributed by atoms with Crippen LogP contribution in [0.25, 0.3) is 10.7 Å². The van der Waals surface area contributed by atoms with E-state index in [9.17, 15) is 9.18 Å². The fourth-order valence-corrected chi connectivity index (χ4v) is 4.61. The lowest BCUT2D eigenvalue weighted by molar-refractivity contribution is -0.121. The van der Waals surface area contributed by atoms with E-state index in [0.717, 1.165) is 29.4 Å². The minimum Gasteiger partial charge on any atom is -0.379 e. The molecule has 0 saturated carbocycles. The summed E-state index contributed by atoms with van der Waals surface area (Å²) in [7, 11) is 0. The molecule has 3 heterocycles. The Bertz CT molecular complexity index is 1040. The summed E-state index contributed by atoms with van der Waals surface area (Å²) in [4.78, 5) is 15.9. The second kappa shape index (κ2) is 10.3. The van der Waals surface area contributed by atoms with E-state index in [1.54, 1.807) is 23.5 Å². The van der Waals surface area contributed by atoms with Crippen LogP contribution >= 0.6 is 23.6 Å². The number of amides is 1. The van der Waals surface area contributed by atoms with Crippen LogP contribution in [-0.4, -0.2) is 58.4 Å². The minimum atomic E-state index is -0.271. The summed E-state index contributed by atoms with van der Waals surface area (Å²) in [6.45, 7) is 3.72. The predicted octanol–water partition coefficient (Wildman–Crippen LogP) is 3.39. The number of benzene rings is 1. The van der Waals surface area contributed by atoms with Gasteiger partial charge in [-0.15, -0.1) is 11.3 Å². The number of rotatable bonds is 8. The van der Waals surface area contributed by atoms with Crippen LogP contribution < -0.4 is 5.32 Å². The van der Waals surface area contributed by atoms with Crippen LogP contribution in [0.15, 0.2) is 41.8 Å². The van der Waals surface area contributed by atoms with Crippen molar-refractivity contribution in [1.29, 1.82) is 0 Å². The number of hydrogen-bond acceptors (Lipinski definition) is 6. The Balaban J connectivity index is 1.39. The fourth-order valence-electron chi connectivity index (χ4n) is 3.66. The summed E-state index contributed by atoms with van der Waals surface area (Å²) >= 11 is 6.91. The maximum absolute atomic E-state index is 13.4. The van der Waals surface area contributed by atoms with Gasteiger partial charge in [0, 0.05) is 32.6 Å². The molecular weight excluding hydrogens is 437 g/mol. The molecule has 0 aliphatic carbocycles. The topological polar surface area (TPSA) is 75.2 Å². The van der Waals surface area contributed by atoms with Crippen molar-refractivity contribution >= 4 is 29.5 Å². The number of carbonyl (C=O) groups excluding carboxylic acids is 1. The zero-order chi connectivity index (χ0) is 21.6. The Kier molecular flexibility index (Phi) is 7.23. The molecule has 2 N–H and O–H groups in total. The summed E-state index contributed by atoms with van der Waals surface area (Å²) in [5.41, 5.74) is 0.973. The van der Waals surface area contributed by atoms with Crippen molar-refractivity contribution in [2.45, 2.75) is 19.0 Å². The molecular formula is C21H24FN5O2S2. The quantitative estimate of drug-likeness (QED) is 0.503. The lowest BCUT2D eigenvalue weighted by Crippen LogP contribution is -2.43. The van der Waals surface area contributed by atoms with Crippen LogP contribution in [0.3, 0.4) is 0 Å². The van der Waals surface area contributed by atoms with Gasteiger partial charge in [-0.05, 0) is 41.4 Å². The van der Waals surface area contributed by atoms with Crippen LogP contribution in [-0.2, 0) is 16.1 Å². The Hall–Kier alpha value is -2.40. The van der Waals surface area contributed by atoms with Gasteiger partial charge in [-0.2, -0.15) is 5.10 Å². The summed E-state index contributed by atoms with van der Waals surface area (Å²) in [6, 6.07) is 10.4. The summed E-state index contributed by atoms with van der Waals surface area (Å²) < 4.78 is 21.2. The molecule has 10 heteroatoms. The molecule has 0 bridgehead atoms. The molecule has 1 aliphatic rings. The number of nitrogens with one attached hydrogen (secondary N) is 2. The van der Waals surface area contributed by atoms with Crippen LogP contribution in [0.1, 0.15) is 18.0 Å². The maximum atomic E-state index is 13.4. The van der Waals surface area contributed by atoms with Crippen LogP contribution in [0.2, 0.25) is 0 Å². The van der Waals surface area contributed by atoms with E-state index in [1.807, 2.05) is 22.1 Å². The van der Waals surface area contributed by atoms with Gasteiger partial charge in [0.2, 0.25) is 5.91 Å². The Morgan fingerprint density at radius 3 is 2.77 bits per heavy atom. The first-order valence-electron chi connectivity index (χ1n) is 10.1. The van der Waals surface area contributed by atoms with Crippen LogP contribution in [0, 0.1) is 10.6 Å². The standard InChI is InChI=1S/C21H24FN5O2S2/c22-16-5-3-15(4-6-16)17(26-9-11-29-12-10-26)14-23-19(28)7-8-27-20(24-25-21(27)30)18-2-1-13-31-18/h1-6,13,17H,7-12,14H2,(H,23,28)(H,25,30). The van der Waals surface area contributed by atoms with Crippen molar-refractivity contribution in [2.24, 2.45) is 0 Å². The normalized spacial score (nSPS) is 15.6. The molecule has 1 atom stereocenters. The first-order chi connectivity index (χ1) is 15.1. The highest BCUT2D eigenvalue weighted by molar-refractivity contribution is 7.71. The van der Waals surface area contributed by atoms with Gasteiger partial charge in [0.05, 0.1) is 24.1 Å². The molecule has 1 amide bonds. The minimum absolute atomic E-state index is 0.0359. The predicted molar refractivity (Wildman–Crippen MR) is 120 cm³/mol. The van der Waals surface area contributed by atoms with Gasteiger partial charge in [0.25, 0.3) is 0 Å². The highest BCUT2D eigenvalue weighted by atomic mass is 32.1. The Labute approximate surface area is 188 Å². The number of ether oxygens (including phenoxy) is 1. The van der Waals surface area contributed by atoms with Gasteiger partial charge >= 0.3 is 0 Å². The zero-order valence-electron chi connectivity index (χ0n) is 16.9. The third-order valence-corrected chi connectivity index (χ3v) is 6.47. The smallest absolute Gasteiger partial charge is 0.221 e. The second-order valence-electron chi connectivity index (χ2n) is 7.25. The number of nitrogens with zero attached hydrogens (tertiary/aromatic N) is 3. The maximum Gasteiger partial charge on any atom is 0.221 e. The average molecular weight is 462 g/mol. The molecule has 1 aromatic carbocycles. The van der Waals surface area contributed by atoms with Gasteiger partial charge in [-0.25, -0.2) is 4.39 Å². The van der Waals surface area contributed by atoms with Crippen LogP contribution in [0.5, 0.6) is 0 Å². The second-order valence-corrected chi connectivity index (χ2v) is 8.59. The monoisotopic (exact) mass is 461 g/mol. The third kappa shape index (κ3) is 5.45. The largest absolute Gasteiger partial charge is 0.379 e. The lowest BCUT2D eigenvalue weighted by Gasteiger charge is -2.35. The van der Waals surface area contributed by atoms with Crippen molar-refractivity contribution < 1.29 is 13.9 Å². The van der Waals surface area contributed by atoms with Crippen molar-refractivity contribution in [2.75, 3.05) is 32.8 Å². The number of carbonyl (C=O) groups is 1. The molecule has 0 radical (unpaired) electrons. The van der Waals surface area contributed by atoms with Crippen molar-refractivity contribution in [3.05, 3.63) is 57.9 Å². The molecule has 4 rings (SSSR count). The van der Waals surface area contributed by atoms with E-state index in [2.05, 4.69) is 20.4 Å². The molecule has 164 valence electrons. The van der Waals surface area contributed by atoms with E-state index in [4.69, 9.17) is 17.0 Å². The Morgan fingerprint density at radius 2 is 2.06 bits per heavy atom. The third-order valence-electron chi connectivity index (χ3n) is 5.30. The van der Waals surface area contributed by atoms with Crippen molar-refractivity contribution in [1.82, 2.24) is 25.0 Å². The van der Waals surface area contributed by atoms with Gasteiger partial charge in [0.15, 0.2) is 10.6 Å². The number of morpholine rings is 1. The molecule has 1 aliphatic heterocycles. The number of thiophene rings is 1. The molecule has 7 nitrogen and oxygen atoms in total. The highest BCUT2D eigenvalue weighted by Crippen LogP contribution is 2.23.